The molecule has 1 rings (SSSR count). The van der Waals surface area contributed by atoms with E-state index in [0.717, 1.165) is 6.42 Å². The van der Waals surface area contributed by atoms with E-state index in [4.69, 9.17) is 5.11 Å². The van der Waals surface area contributed by atoms with E-state index in [1.807, 2.05) is 6.92 Å². The molecule has 2 N–H and O–H groups in total. The molecule has 0 heterocycles. The van der Waals surface area contributed by atoms with Crippen molar-refractivity contribution in [2.45, 2.75) is 26.2 Å². The predicted octanol–water partition coefficient (Wildman–Crippen LogP) is 1.70. The van der Waals surface area contributed by atoms with Crippen LogP contribution in [0.15, 0.2) is 11.3 Å². The molecule has 1 unspecified atom stereocenters. The molecule has 0 aliphatic heterocycles. The zero-order valence-corrected chi connectivity index (χ0v) is 6.50. The first-order valence-corrected chi connectivity index (χ1v) is 3.75. The Morgan fingerprint density at radius 3 is 2.73 bits per heavy atom. The third-order valence-corrected chi connectivity index (χ3v) is 2.04. The fraction of sp³-hybridized carbons (Fsp3) is 0.625. The monoisotopic (exact) mass is 156 g/mol. The van der Waals surface area contributed by atoms with Crippen LogP contribution in [0.5, 0.6) is 0 Å². The summed E-state index contributed by atoms with van der Waals surface area (Å²) in [5, 5.41) is 17.8. The normalized spacial score (nSPS) is 25.4. The Morgan fingerprint density at radius 2 is 2.27 bits per heavy atom. The lowest BCUT2D eigenvalue weighted by molar-refractivity contribution is -0.133. The van der Waals surface area contributed by atoms with E-state index in [1.165, 1.54) is 0 Å². The van der Waals surface area contributed by atoms with E-state index >= 15 is 0 Å². The first kappa shape index (κ1) is 8.11. The Bertz CT molecular complexity index is 205. The Labute approximate surface area is 65.3 Å². The van der Waals surface area contributed by atoms with Gasteiger partial charge in [0.15, 0.2) is 0 Å². The molecule has 0 saturated heterocycles. The second kappa shape index (κ2) is 2.95. The summed E-state index contributed by atoms with van der Waals surface area (Å²) < 4.78 is 0. The molecule has 0 saturated carbocycles. The van der Waals surface area contributed by atoms with Gasteiger partial charge in [0, 0.05) is 6.42 Å². The molecule has 11 heavy (non-hydrogen) atoms. The number of hydrogen-bond donors (Lipinski definition) is 2. The molecule has 0 aromatic heterocycles. The number of aliphatic hydroxyl groups is 1. The topological polar surface area (TPSA) is 57.5 Å². The van der Waals surface area contributed by atoms with E-state index in [2.05, 4.69) is 0 Å². The minimum atomic E-state index is -0.977. The summed E-state index contributed by atoms with van der Waals surface area (Å²) in [6.45, 7) is 2.01. The van der Waals surface area contributed by atoms with Crippen molar-refractivity contribution in [3.8, 4) is 0 Å². The van der Waals surface area contributed by atoms with Crippen molar-refractivity contribution in [2.24, 2.45) is 5.92 Å². The molecule has 0 aromatic carbocycles. The SMILES string of the molecule is CC1CCC(C(=O)O)=C(O)C1. The summed E-state index contributed by atoms with van der Waals surface area (Å²) in [6.07, 6.45) is 1.88. The van der Waals surface area contributed by atoms with E-state index in [1.54, 1.807) is 0 Å². The highest BCUT2D eigenvalue weighted by Crippen LogP contribution is 2.27. The Hall–Kier alpha value is -0.990. The molecule has 1 aliphatic rings. The molecule has 3 heteroatoms. The number of aliphatic carboxylic acids is 1. The van der Waals surface area contributed by atoms with E-state index < -0.39 is 5.97 Å². The summed E-state index contributed by atoms with van der Waals surface area (Å²) >= 11 is 0. The predicted molar refractivity (Wildman–Crippen MR) is 40.3 cm³/mol. The van der Waals surface area contributed by atoms with Crippen molar-refractivity contribution >= 4 is 5.97 Å². The molecule has 0 aromatic rings. The number of allylic oxidation sites excluding steroid dienone is 1. The number of rotatable bonds is 1. The molecular formula is C8H12O3. The lowest BCUT2D eigenvalue weighted by Crippen LogP contribution is -2.13. The number of carboxylic acids is 1. The fourth-order valence-electron chi connectivity index (χ4n) is 1.32. The van der Waals surface area contributed by atoms with Crippen LogP contribution in [0.1, 0.15) is 26.2 Å². The number of carbonyl (C=O) groups is 1. The van der Waals surface area contributed by atoms with Crippen molar-refractivity contribution in [3.63, 3.8) is 0 Å². The highest BCUT2D eigenvalue weighted by atomic mass is 16.4. The standard InChI is InChI=1S/C8H12O3/c1-5-2-3-6(8(10)11)7(9)4-5/h5,9H,2-4H2,1H3,(H,10,11). The van der Waals surface area contributed by atoms with E-state index in [0.29, 0.717) is 18.8 Å². The third kappa shape index (κ3) is 1.73. The molecule has 0 amide bonds. The first-order valence-electron chi connectivity index (χ1n) is 3.75. The van der Waals surface area contributed by atoms with Gasteiger partial charge < -0.3 is 10.2 Å². The largest absolute Gasteiger partial charge is 0.512 e. The molecule has 62 valence electrons. The zero-order valence-electron chi connectivity index (χ0n) is 6.50. The average Bonchev–Trinajstić information content (AvgIpc) is 1.85. The minimum Gasteiger partial charge on any atom is -0.512 e. The summed E-state index contributed by atoms with van der Waals surface area (Å²) in [6, 6.07) is 0. The first-order chi connectivity index (χ1) is 5.11. The van der Waals surface area contributed by atoms with Gasteiger partial charge in [-0.3, -0.25) is 0 Å². The molecule has 0 spiro atoms. The van der Waals surface area contributed by atoms with Crippen molar-refractivity contribution in [1.29, 1.82) is 0 Å². The average molecular weight is 156 g/mol. The van der Waals surface area contributed by atoms with Crippen LogP contribution in [0.3, 0.4) is 0 Å². The quantitative estimate of drug-likeness (QED) is 0.607. The third-order valence-electron chi connectivity index (χ3n) is 2.04. The van der Waals surface area contributed by atoms with Gasteiger partial charge in [-0.15, -0.1) is 0 Å². The molecule has 0 radical (unpaired) electrons. The second-order valence-electron chi connectivity index (χ2n) is 3.08. The van der Waals surface area contributed by atoms with Gasteiger partial charge >= 0.3 is 5.97 Å². The number of carboxylic acid groups (broad SMARTS) is 1. The molecule has 0 fully saturated rings. The molecule has 1 atom stereocenters. The Morgan fingerprint density at radius 1 is 1.64 bits per heavy atom. The van der Waals surface area contributed by atoms with E-state index in [9.17, 15) is 9.90 Å². The maximum Gasteiger partial charge on any atom is 0.334 e. The fourth-order valence-corrected chi connectivity index (χ4v) is 1.32. The van der Waals surface area contributed by atoms with Gasteiger partial charge in [0.25, 0.3) is 0 Å². The highest BCUT2D eigenvalue weighted by Gasteiger charge is 2.21. The van der Waals surface area contributed by atoms with Crippen molar-refractivity contribution < 1.29 is 15.0 Å². The van der Waals surface area contributed by atoms with Gasteiger partial charge in [0.05, 0.1) is 5.57 Å². The highest BCUT2D eigenvalue weighted by molar-refractivity contribution is 5.87. The Kier molecular flexibility index (Phi) is 2.17. The van der Waals surface area contributed by atoms with Crippen LogP contribution in [-0.4, -0.2) is 16.2 Å². The van der Waals surface area contributed by atoms with E-state index in [-0.39, 0.29) is 11.3 Å². The van der Waals surface area contributed by atoms with Crippen LogP contribution in [0.2, 0.25) is 0 Å². The Balaban J connectivity index is 2.78. The van der Waals surface area contributed by atoms with Gasteiger partial charge in [-0.05, 0) is 18.8 Å². The molecule has 3 nitrogen and oxygen atoms in total. The van der Waals surface area contributed by atoms with Gasteiger partial charge in [-0.2, -0.15) is 0 Å². The minimum absolute atomic E-state index is 0.0660. The van der Waals surface area contributed by atoms with Gasteiger partial charge in [0.1, 0.15) is 5.76 Å². The summed E-state index contributed by atoms with van der Waals surface area (Å²) in [5.74, 6) is -0.497. The lowest BCUT2D eigenvalue weighted by Gasteiger charge is -2.18. The van der Waals surface area contributed by atoms with Crippen LogP contribution < -0.4 is 0 Å². The summed E-state index contributed by atoms with van der Waals surface area (Å²) in [4.78, 5) is 10.5. The van der Waals surface area contributed by atoms with Gasteiger partial charge in [0.2, 0.25) is 0 Å². The smallest absolute Gasteiger partial charge is 0.334 e. The number of aliphatic hydroxyl groups excluding tert-OH is 1. The van der Waals surface area contributed by atoms with Gasteiger partial charge in [-0.25, -0.2) is 4.79 Å². The van der Waals surface area contributed by atoms with Crippen LogP contribution in [0.25, 0.3) is 0 Å². The lowest BCUT2D eigenvalue weighted by atomic mass is 9.90. The van der Waals surface area contributed by atoms with Crippen molar-refractivity contribution in [1.82, 2.24) is 0 Å². The second-order valence-corrected chi connectivity index (χ2v) is 3.08. The molecule has 1 aliphatic carbocycles. The van der Waals surface area contributed by atoms with Crippen LogP contribution >= 0.6 is 0 Å². The summed E-state index contributed by atoms with van der Waals surface area (Å²) in [5.41, 5.74) is 0.197. The zero-order chi connectivity index (χ0) is 8.43. The van der Waals surface area contributed by atoms with Crippen molar-refractivity contribution in [2.75, 3.05) is 0 Å². The summed E-state index contributed by atoms with van der Waals surface area (Å²) in [7, 11) is 0. The maximum absolute atomic E-state index is 10.5. The van der Waals surface area contributed by atoms with Crippen LogP contribution in [0, 0.1) is 5.92 Å². The maximum atomic E-state index is 10.5. The van der Waals surface area contributed by atoms with Crippen LogP contribution in [-0.2, 0) is 4.79 Å². The molecule has 0 bridgehead atoms. The number of hydrogen-bond acceptors (Lipinski definition) is 2. The van der Waals surface area contributed by atoms with Gasteiger partial charge in [-0.1, -0.05) is 6.92 Å². The molecular weight excluding hydrogens is 144 g/mol. The van der Waals surface area contributed by atoms with Crippen molar-refractivity contribution in [3.05, 3.63) is 11.3 Å². The van der Waals surface area contributed by atoms with Crippen LogP contribution in [0.4, 0.5) is 0 Å².